The van der Waals surface area contributed by atoms with E-state index in [2.05, 4.69) is 10.3 Å². The van der Waals surface area contributed by atoms with Gasteiger partial charge in [0.1, 0.15) is 5.69 Å². The van der Waals surface area contributed by atoms with Crippen molar-refractivity contribution in [3.63, 3.8) is 0 Å². The van der Waals surface area contributed by atoms with Gasteiger partial charge in [0.15, 0.2) is 5.96 Å². The minimum Gasteiger partial charge on any atom is -0.461 e. The first-order chi connectivity index (χ1) is 13.4. The van der Waals surface area contributed by atoms with Crippen LogP contribution in [-0.2, 0) is 31.1 Å². The van der Waals surface area contributed by atoms with Gasteiger partial charge in [0.2, 0.25) is 0 Å². The molecule has 28 heavy (non-hydrogen) atoms. The van der Waals surface area contributed by atoms with E-state index in [1.807, 2.05) is 0 Å². The standard InChI is InChI=1S/C18H23ClN4O5/c1-2-28-17(27)16-15(19)14(13(23-16)5-22-18(20)21)10-4-3-9(6-24)11(7-25)12(10)8-26/h3-4,23-26H,2,5-8H2,1H3,(H4,20,21,22). The van der Waals surface area contributed by atoms with Crippen molar-refractivity contribution in [3.05, 3.63) is 45.2 Å². The average Bonchev–Trinajstić information content (AvgIpc) is 3.01. The van der Waals surface area contributed by atoms with Crippen molar-refractivity contribution >= 4 is 23.5 Å². The molecule has 0 unspecified atom stereocenters. The predicted molar refractivity (Wildman–Crippen MR) is 104 cm³/mol. The Hall–Kier alpha value is -2.59. The smallest absolute Gasteiger partial charge is 0.356 e. The highest BCUT2D eigenvalue weighted by Gasteiger charge is 2.25. The number of ether oxygens (including phenoxy) is 1. The maximum atomic E-state index is 12.2. The summed E-state index contributed by atoms with van der Waals surface area (Å²) in [7, 11) is 0. The van der Waals surface area contributed by atoms with Gasteiger partial charge >= 0.3 is 5.97 Å². The number of H-pyrrole nitrogens is 1. The highest BCUT2D eigenvalue weighted by molar-refractivity contribution is 6.36. The highest BCUT2D eigenvalue weighted by Crippen LogP contribution is 2.38. The lowest BCUT2D eigenvalue weighted by atomic mass is 9.92. The first kappa shape index (κ1) is 21.7. The van der Waals surface area contributed by atoms with Crippen LogP contribution in [0.1, 0.15) is 39.8 Å². The average molecular weight is 411 g/mol. The first-order valence-corrected chi connectivity index (χ1v) is 8.89. The Labute approximate surface area is 166 Å². The van der Waals surface area contributed by atoms with Gasteiger partial charge in [-0.2, -0.15) is 0 Å². The van der Waals surface area contributed by atoms with E-state index in [0.29, 0.717) is 33.5 Å². The number of aliphatic hydroxyl groups excluding tert-OH is 3. The number of aliphatic hydroxyl groups is 3. The summed E-state index contributed by atoms with van der Waals surface area (Å²) < 4.78 is 5.01. The number of benzene rings is 1. The second kappa shape index (κ2) is 9.56. The van der Waals surface area contributed by atoms with E-state index >= 15 is 0 Å². The molecule has 0 radical (unpaired) electrons. The van der Waals surface area contributed by atoms with E-state index in [1.54, 1.807) is 19.1 Å². The number of halogens is 1. The fourth-order valence-corrected chi connectivity index (χ4v) is 3.31. The van der Waals surface area contributed by atoms with Crippen LogP contribution < -0.4 is 11.1 Å². The number of carbonyl (C=O) groups excluding carboxylic acids is 1. The van der Waals surface area contributed by atoms with Crippen molar-refractivity contribution in [2.24, 2.45) is 5.73 Å². The molecule has 0 amide bonds. The normalized spacial score (nSPS) is 10.8. The summed E-state index contributed by atoms with van der Waals surface area (Å²) in [5.41, 5.74) is 7.92. The molecule has 0 aliphatic heterocycles. The van der Waals surface area contributed by atoms with Crippen LogP contribution in [0.2, 0.25) is 5.02 Å². The van der Waals surface area contributed by atoms with E-state index in [9.17, 15) is 20.1 Å². The van der Waals surface area contributed by atoms with Crippen molar-refractivity contribution < 1.29 is 24.9 Å². The van der Waals surface area contributed by atoms with Crippen LogP contribution in [0.25, 0.3) is 11.1 Å². The molecule has 1 aromatic carbocycles. The summed E-state index contributed by atoms with van der Waals surface area (Å²) in [5, 5.41) is 39.2. The van der Waals surface area contributed by atoms with Crippen molar-refractivity contribution in [3.8, 4) is 11.1 Å². The second-order valence-corrected chi connectivity index (χ2v) is 6.24. The third-order valence-corrected chi connectivity index (χ3v) is 4.61. The molecule has 10 heteroatoms. The van der Waals surface area contributed by atoms with Crippen LogP contribution in [0, 0.1) is 5.41 Å². The number of carbonyl (C=O) groups is 1. The molecule has 8 N–H and O–H groups in total. The molecule has 0 saturated carbocycles. The summed E-state index contributed by atoms with van der Waals surface area (Å²) in [6.45, 7) is 0.759. The number of aromatic nitrogens is 1. The molecule has 0 aliphatic rings. The monoisotopic (exact) mass is 410 g/mol. The predicted octanol–water partition coefficient (Wildman–Crippen LogP) is 0.972. The molecule has 0 bridgehead atoms. The van der Waals surface area contributed by atoms with Gasteiger partial charge in [0, 0.05) is 11.3 Å². The number of nitrogens with one attached hydrogen (secondary N) is 3. The molecule has 0 saturated heterocycles. The molecule has 0 atom stereocenters. The largest absolute Gasteiger partial charge is 0.461 e. The van der Waals surface area contributed by atoms with E-state index < -0.39 is 19.2 Å². The third kappa shape index (κ3) is 4.28. The SMILES string of the molecule is CCOC(=O)c1[nH]c(CNC(=N)N)c(-c2ccc(CO)c(CO)c2CO)c1Cl. The Kier molecular flexibility index (Phi) is 7.41. The lowest BCUT2D eigenvalue weighted by molar-refractivity contribution is 0.0520. The Bertz CT molecular complexity index is 881. The maximum absolute atomic E-state index is 12.2. The Morgan fingerprint density at radius 3 is 2.46 bits per heavy atom. The van der Waals surface area contributed by atoms with Crippen molar-refractivity contribution in [2.75, 3.05) is 6.61 Å². The molecule has 152 valence electrons. The van der Waals surface area contributed by atoms with Crippen molar-refractivity contribution in [1.29, 1.82) is 5.41 Å². The minimum absolute atomic E-state index is 0.0274. The summed E-state index contributed by atoms with van der Waals surface area (Å²) >= 11 is 6.47. The zero-order chi connectivity index (χ0) is 20.8. The zero-order valence-electron chi connectivity index (χ0n) is 15.3. The van der Waals surface area contributed by atoms with Gasteiger partial charge in [0.25, 0.3) is 0 Å². The Morgan fingerprint density at radius 2 is 1.93 bits per heavy atom. The van der Waals surface area contributed by atoms with Crippen LogP contribution in [0.4, 0.5) is 0 Å². The van der Waals surface area contributed by atoms with Crippen molar-refractivity contribution in [1.82, 2.24) is 10.3 Å². The summed E-state index contributed by atoms with van der Waals surface area (Å²) in [6.07, 6.45) is 0. The van der Waals surface area contributed by atoms with Gasteiger partial charge in [-0.15, -0.1) is 0 Å². The fourth-order valence-electron chi connectivity index (χ4n) is 2.97. The second-order valence-electron chi connectivity index (χ2n) is 5.86. The van der Waals surface area contributed by atoms with E-state index in [-0.39, 0.29) is 36.4 Å². The highest BCUT2D eigenvalue weighted by atomic mass is 35.5. The number of guanidine groups is 1. The molecule has 1 heterocycles. The maximum Gasteiger partial charge on any atom is 0.356 e. The lowest BCUT2D eigenvalue weighted by Crippen LogP contribution is -2.29. The number of nitrogens with two attached hydrogens (primary N) is 1. The molecule has 0 fully saturated rings. The van der Waals surface area contributed by atoms with Gasteiger partial charge in [-0.25, -0.2) is 4.79 Å². The Morgan fingerprint density at radius 1 is 1.25 bits per heavy atom. The van der Waals surface area contributed by atoms with Gasteiger partial charge < -0.3 is 36.1 Å². The molecule has 2 aromatic rings. The molecule has 0 spiro atoms. The van der Waals surface area contributed by atoms with Crippen LogP contribution in [0.15, 0.2) is 12.1 Å². The molecule has 1 aromatic heterocycles. The van der Waals surface area contributed by atoms with Crippen LogP contribution in [-0.4, -0.2) is 38.8 Å². The van der Waals surface area contributed by atoms with Crippen LogP contribution in [0.3, 0.4) is 0 Å². The topological polar surface area (TPSA) is 165 Å². The van der Waals surface area contributed by atoms with E-state index in [1.165, 1.54) is 0 Å². The summed E-state index contributed by atoms with van der Waals surface area (Å²) in [6, 6.07) is 3.24. The molecule has 0 aliphatic carbocycles. The lowest BCUT2D eigenvalue weighted by Gasteiger charge is -2.16. The van der Waals surface area contributed by atoms with Crippen LogP contribution >= 0.6 is 11.6 Å². The minimum atomic E-state index is -0.650. The van der Waals surface area contributed by atoms with E-state index in [0.717, 1.165) is 0 Å². The van der Waals surface area contributed by atoms with Crippen molar-refractivity contribution in [2.45, 2.75) is 33.3 Å². The number of hydrogen-bond acceptors (Lipinski definition) is 6. The van der Waals surface area contributed by atoms with Gasteiger partial charge in [0.05, 0.1) is 38.0 Å². The zero-order valence-corrected chi connectivity index (χ0v) is 16.1. The van der Waals surface area contributed by atoms with Gasteiger partial charge in [-0.3, -0.25) is 5.41 Å². The number of rotatable bonds is 8. The molecular formula is C18H23ClN4O5. The third-order valence-electron chi connectivity index (χ3n) is 4.24. The first-order valence-electron chi connectivity index (χ1n) is 8.51. The van der Waals surface area contributed by atoms with E-state index in [4.69, 9.17) is 27.5 Å². The molecule has 2 rings (SSSR count). The fraction of sp³-hybridized carbons (Fsp3) is 0.333. The summed E-state index contributed by atoms with van der Waals surface area (Å²) in [5.74, 6) is -0.925. The Balaban J connectivity index is 2.72. The number of aromatic amines is 1. The number of hydrogen-bond donors (Lipinski definition) is 7. The summed E-state index contributed by atoms with van der Waals surface area (Å²) in [4.78, 5) is 15.1. The molecular weight excluding hydrogens is 388 g/mol. The van der Waals surface area contributed by atoms with Gasteiger partial charge in [-0.1, -0.05) is 23.7 Å². The number of esters is 1. The molecule has 9 nitrogen and oxygen atoms in total. The van der Waals surface area contributed by atoms with Gasteiger partial charge in [-0.05, 0) is 29.2 Å². The van der Waals surface area contributed by atoms with Crippen LogP contribution in [0.5, 0.6) is 0 Å². The quantitative estimate of drug-likeness (QED) is 0.193.